The highest BCUT2D eigenvalue weighted by molar-refractivity contribution is 14.0. The number of rotatable bonds is 6. The normalized spacial score (nSPS) is 11.0. The summed E-state index contributed by atoms with van der Waals surface area (Å²) in [6.07, 6.45) is 1.86. The van der Waals surface area contributed by atoms with E-state index in [4.69, 9.17) is 0 Å². The van der Waals surface area contributed by atoms with Crippen LogP contribution in [0.5, 0.6) is 0 Å². The second-order valence-corrected chi connectivity index (χ2v) is 5.98. The molecule has 0 saturated carbocycles. The smallest absolute Gasteiger partial charge is 0.222 e. The van der Waals surface area contributed by atoms with Gasteiger partial charge in [0.2, 0.25) is 5.91 Å². The Bertz CT molecular complexity index is 461. The van der Waals surface area contributed by atoms with E-state index in [0.717, 1.165) is 5.01 Å². The van der Waals surface area contributed by atoms with Gasteiger partial charge in [-0.05, 0) is 6.92 Å². The van der Waals surface area contributed by atoms with Crippen molar-refractivity contribution in [3.8, 4) is 0 Å². The third-order valence-corrected chi connectivity index (χ3v) is 3.45. The zero-order valence-electron chi connectivity index (χ0n) is 12.9. The third kappa shape index (κ3) is 8.20. The Morgan fingerprint density at radius 3 is 2.52 bits per heavy atom. The van der Waals surface area contributed by atoms with Crippen molar-refractivity contribution in [1.29, 1.82) is 0 Å². The van der Waals surface area contributed by atoms with Gasteiger partial charge in [0.05, 0.1) is 6.54 Å². The molecule has 0 aliphatic carbocycles. The molecule has 1 rings (SSSR count). The fraction of sp³-hybridized carbons (Fsp3) is 0.615. The van der Waals surface area contributed by atoms with Crippen molar-refractivity contribution in [3.05, 3.63) is 16.1 Å². The van der Waals surface area contributed by atoms with Crippen molar-refractivity contribution in [2.45, 2.75) is 27.3 Å². The highest BCUT2D eigenvalue weighted by Crippen LogP contribution is 2.10. The highest BCUT2D eigenvalue weighted by atomic mass is 127. The van der Waals surface area contributed by atoms with Gasteiger partial charge in [-0.15, -0.1) is 35.3 Å². The number of guanidine groups is 1. The summed E-state index contributed by atoms with van der Waals surface area (Å²) in [5.74, 6) is 0.783. The van der Waals surface area contributed by atoms with E-state index in [0.29, 0.717) is 25.6 Å². The number of hydrogen-bond acceptors (Lipinski definition) is 4. The van der Waals surface area contributed by atoms with Gasteiger partial charge in [-0.3, -0.25) is 9.79 Å². The Morgan fingerprint density at radius 1 is 1.33 bits per heavy atom. The van der Waals surface area contributed by atoms with Gasteiger partial charge in [0.1, 0.15) is 5.01 Å². The molecule has 1 heterocycles. The molecule has 0 aliphatic heterocycles. The second kappa shape index (κ2) is 10.8. The number of hydrogen-bond donors (Lipinski definition) is 3. The number of carbonyl (C=O) groups is 1. The molecule has 0 unspecified atom stereocenters. The van der Waals surface area contributed by atoms with E-state index in [1.807, 2.05) is 27.0 Å². The Labute approximate surface area is 147 Å². The average Bonchev–Trinajstić information content (AvgIpc) is 2.83. The summed E-state index contributed by atoms with van der Waals surface area (Å²) in [5.41, 5.74) is 0. The van der Waals surface area contributed by atoms with Crippen LogP contribution in [-0.4, -0.2) is 37.0 Å². The van der Waals surface area contributed by atoms with Crippen molar-refractivity contribution in [2.75, 3.05) is 20.1 Å². The van der Waals surface area contributed by atoms with Gasteiger partial charge in [0.15, 0.2) is 5.96 Å². The Balaban J connectivity index is 0.00000400. The molecule has 0 fully saturated rings. The number of carbonyl (C=O) groups excluding carboxylic acids is 1. The minimum absolute atomic E-state index is 0. The lowest BCUT2D eigenvalue weighted by Crippen LogP contribution is -2.41. The van der Waals surface area contributed by atoms with E-state index in [2.05, 4.69) is 25.9 Å². The first kappa shape index (κ1) is 20.1. The monoisotopic (exact) mass is 425 g/mol. The SMILES string of the molecule is CN=C(NCCNC(=O)C(C)C)NCc1ncc(C)s1.I. The van der Waals surface area contributed by atoms with Gasteiger partial charge in [-0.2, -0.15) is 0 Å². The molecule has 0 saturated heterocycles. The van der Waals surface area contributed by atoms with Gasteiger partial charge in [0, 0.05) is 37.1 Å². The molecule has 0 bridgehead atoms. The Morgan fingerprint density at radius 2 is 2.00 bits per heavy atom. The lowest BCUT2D eigenvalue weighted by Gasteiger charge is -2.12. The number of thiazole rings is 1. The maximum absolute atomic E-state index is 11.4. The van der Waals surface area contributed by atoms with Crippen LogP contribution in [0.15, 0.2) is 11.2 Å². The summed E-state index contributed by atoms with van der Waals surface area (Å²) in [6.45, 7) is 7.64. The van der Waals surface area contributed by atoms with Gasteiger partial charge < -0.3 is 16.0 Å². The molecule has 21 heavy (non-hydrogen) atoms. The minimum Gasteiger partial charge on any atom is -0.355 e. The molecule has 8 heteroatoms. The van der Waals surface area contributed by atoms with E-state index >= 15 is 0 Å². The molecule has 6 nitrogen and oxygen atoms in total. The molecule has 0 spiro atoms. The predicted octanol–water partition coefficient (Wildman–Crippen LogP) is 1.51. The minimum atomic E-state index is 0. The highest BCUT2D eigenvalue weighted by Gasteiger charge is 2.05. The van der Waals surface area contributed by atoms with Crippen LogP contribution in [-0.2, 0) is 11.3 Å². The molecule has 1 aromatic heterocycles. The standard InChI is InChI=1S/C13H23N5OS.HI/c1-9(2)12(19)15-5-6-16-13(14-4)18-8-11-17-7-10(3)20-11;/h7,9H,5-6,8H2,1-4H3,(H,15,19)(H2,14,16,18);1H. The Kier molecular flexibility index (Phi) is 10.3. The van der Waals surface area contributed by atoms with E-state index in [-0.39, 0.29) is 35.8 Å². The molecule has 3 N–H and O–H groups in total. The third-order valence-electron chi connectivity index (χ3n) is 2.54. The number of amides is 1. The van der Waals surface area contributed by atoms with Crippen molar-refractivity contribution >= 4 is 47.2 Å². The van der Waals surface area contributed by atoms with Crippen LogP contribution in [0.4, 0.5) is 0 Å². The molecule has 0 radical (unpaired) electrons. The first-order valence-corrected chi connectivity index (χ1v) is 7.48. The van der Waals surface area contributed by atoms with Gasteiger partial charge in [0.25, 0.3) is 0 Å². The molecular formula is C13H24IN5OS. The van der Waals surface area contributed by atoms with Crippen LogP contribution in [0, 0.1) is 12.8 Å². The number of aromatic nitrogens is 1. The summed E-state index contributed by atoms with van der Waals surface area (Å²) in [5, 5.41) is 10.2. The maximum Gasteiger partial charge on any atom is 0.222 e. The first-order valence-electron chi connectivity index (χ1n) is 6.66. The quantitative estimate of drug-likeness (QED) is 0.280. The number of nitrogens with one attached hydrogen (secondary N) is 3. The van der Waals surface area contributed by atoms with Crippen LogP contribution in [0.25, 0.3) is 0 Å². The van der Waals surface area contributed by atoms with Crippen LogP contribution in [0.2, 0.25) is 0 Å². The molecule has 0 atom stereocenters. The summed E-state index contributed by atoms with van der Waals surface area (Å²) >= 11 is 1.66. The fourth-order valence-corrected chi connectivity index (χ4v) is 2.16. The van der Waals surface area contributed by atoms with Crippen molar-refractivity contribution < 1.29 is 4.79 Å². The van der Waals surface area contributed by atoms with Crippen LogP contribution in [0.3, 0.4) is 0 Å². The van der Waals surface area contributed by atoms with Crippen molar-refractivity contribution in [2.24, 2.45) is 10.9 Å². The molecule has 0 aromatic carbocycles. The number of nitrogens with zero attached hydrogens (tertiary/aromatic N) is 2. The lowest BCUT2D eigenvalue weighted by molar-refractivity contribution is -0.123. The maximum atomic E-state index is 11.4. The van der Waals surface area contributed by atoms with E-state index in [1.165, 1.54) is 4.88 Å². The number of aliphatic imine (C=N–C) groups is 1. The van der Waals surface area contributed by atoms with Crippen LogP contribution >= 0.6 is 35.3 Å². The molecule has 120 valence electrons. The van der Waals surface area contributed by atoms with E-state index in [1.54, 1.807) is 18.4 Å². The largest absolute Gasteiger partial charge is 0.355 e. The lowest BCUT2D eigenvalue weighted by atomic mass is 10.2. The van der Waals surface area contributed by atoms with Crippen molar-refractivity contribution in [3.63, 3.8) is 0 Å². The molecule has 1 aromatic rings. The fourth-order valence-electron chi connectivity index (χ4n) is 1.43. The number of halogens is 1. The summed E-state index contributed by atoms with van der Waals surface area (Å²) in [7, 11) is 1.72. The predicted molar refractivity (Wildman–Crippen MR) is 98.3 cm³/mol. The number of aryl methyl sites for hydroxylation is 1. The summed E-state index contributed by atoms with van der Waals surface area (Å²) in [4.78, 5) is 21.0. The second-order valence-electron chi connectivity index (χ2n) is 4.66. The average molecular weight is 425 g/mol. The summed E-state index contributed by atoms with van der Waals surface area (Å²) in [6, 6.07) is 0. The van der Waals surface area contributed by atoms with E-state index in [9.17, 15) is 4.79 Å². The molecule has 1 amide bonds. The van der Waals surface area contributed by atoms with Crippen LogP contribution in [0.1, 0.15) is 23.7 Å². The van der Waals surface area contributed by atoms with E-state index < -0.39 is 0 Å². The van der Waals surface area contributed by atoms with Gasteiger partial charge in [-0.25, -0.2) is 4.98 Å². The first-order chi connectivity index (χ1) is 9.52. The van der Waals surface area contributed by atoms with Crippen molar-refractivity contribution in [1.82, 2.24) is 20.9 Å². The summed E-state index contributed by atoms with van der Waals surface area (Å²) < 4.78 is 0. The zero-order valence-corrected chi connectivity index (χ0v) is 16.0. The topological polar surface area (TPSA) is 78.4 Å². The van der Waals surface area contributed by atoms with Gasteiger partial charge >= 0.3 is 0 Å². The van der Waals surface area contributed by atoms with Crippen LogP contribution < -0.4 is 16.0 Å². The zero-order chi connectivity index (χ0) is 15.0. The van der Waals surface area contributed by atoms with Gasteiger partial charge in [-0.1, -0.05) is 13.8 Å². The molecular weight excluding hydrogens is 401 g/mol. The molecule has 0 aliphatic rings. The Hall–Kier alpha value is -0.900.